The van der Waals surface area contributed by atoms with E-state index in [9.17, 15) is 8.42 Å². The van der Waals surface area contributed by atoms with Crippen molar-refractivity contribution in [2.24, 2.45) is 10.7 Å². The Hall–Kier alpha value is -0.0500. The standard InChI is InChI=1S/C12H25N3O2S.HI/c1-12(2,18(3,16)17)9-14-11(13)15-10-7-5-4-6-8-10;/h10H,4-9H2,1-3H3,(H3,13,14,15);1H. The Morgan fingerprint density at radius 2 is 1.84 bits per heavy atom. The zero-order valence-corrected chi connectivity index (χ0v) is 15.1. The molecule has 0 saturated heterocycles. The molecule has 19 heavy (non-hydrogen) atoms. The van der Waals surface area contributed by atoms with E-state index in [-0.39, 0.29) is 30.5 Å². The van der Waals surface area contributed by atoms with Crippen LogP contribution in [0.2, 0.25) is 0 Å². The van der Waals surface area contributed by atoms with E-state index >= 15 is 0 Å². The average Bonchev–Trinajstić information content (AvgIpc) is 2.26. The van der Waals surface area contributed by atoms with E-state index in [0.29, 0.717) is 12.0 Å². The second-order valence-corrected chi connectivity index (χ2v) is 8.36. The molecule has 114 valence electrons. The van der Waals surface area contributed by atoms with E-state index in [2.05, 4.69) is 10.3 Å². The van der Waals surface area contributed by atoms with Crippen molar-refractivity contribution in [1.29, 1.82) is 0 Å². The molecule has 1 fully saturated rings. The van der Waals surface area contributed by atoms with Crippen LogP contribution >= 0.6 is 24.0 Å². The lowest BCUT2D eigenvalue weighted by molar-refractivity contribution is 0.412. The minimum absolute atomic E-state index is 0. The SMILES string of the molecule is CC(C)(CN=C(N)NC1CCCCC1)S(C)(=O)=O.I. The fraction of sp³-hybridized carbons (Fsp3) is 0.917. The molecule has 0 unspecified atom stereocenters. The third kappa shape index (κ3) is 6.29. The summed E-state index contributed by atoms with van der Waals surface area (Å²) in [6.07, 6.45) is 7.19. The molecule has 1 saturated carbocycles. The molecule has 1 aliphatic carbocycles. The van der Waals surface area contributed by atoms with Crippen molar-refractivity contribution in [2.75, 3.05) is 12.8 Å². The van der Waals surface area contributed by atoms with Crippen molar-refractivity contribution in [2.45, 2.75) is 56.7 Å². The van der Waals surface area contributed by atoms with Crippen LogP contribution in [-0.2, 0) is 9.84 Å². The van der Waals surface area contributed by atoms with Crippen molar-refractivity contribution in [3.05, 3.63) is 0 Å². The van der Waals surface area contributed by atoms with E-state index < -0.39 is 14.6 Å². The van der Waals surface area contributed by atoms with E-state index in [0.717, 1.165) is 12.8 Å². The fourth-order valence-corrected chi connectivity index (χ4v) is 2.19. The lowest BCUT2D eigenvalue weighted by Crippen LogP contribution is -2.42. The molecule has 0 aliphatic heterocycles. The second-order valence-electron chi connectivity index (χ2n) is 5.71. The molecule has 0 atom stereocenters. The van der Waals surface area contributed by atoms with Gasteiger partial charge in [0.2, 0.25) is 0 Å². The Balaban J connectivity index is 0.00000324. The predicted molar refractivity (Wildman–Crippen MR) is 90.8 cm³/mol. The van der Waals surface area contributed by atoms with Gasteiger partial charge in [0, 0.05) is 12.3 Å². The van der Waals surface area contributed by atoms with Crippen LogP contribution in [-0.4, -0.2) is 38.0 Å². The minimum Gasteiger partial charge on any atom is -0.370 e. The molecule has 0 aromatic carbocycles. The van der Waals surface area contributed by atoms with Gasteiger partial charge in [-0.2, -0.15) is 0 Å². The highest BCUT2D eigenvalue weighted by Crippen LogP contribution is 2.17. The van der Waals surface area contributed by atoms with Crippen molar-refractivity contribution in [3.63, 3.8) is 0 Å². The lowest BCUT2D eigenvalue weighted by Gasteiger charge is -2.24. The first-order chi connectivity index (χ1) is 8.22. The third-order valence-electron chi connectivity index (χ3n) is 3.59. The van der Waals surface area contributed by atoms with Crippen LogP contribution in [0.4, 0.5) is 0 Å². The number of hydrogen-bond donors (Lipinski definition) is 2. The van der Waals surface area contributed by atoms with Crippen LogP contribution in [0.1, 0.15) is 46.0 Å². The van der Waals surface area contributed by atoms with Gasteiger partial charge in [-0.25, -0.2) is 8.42 Å². The van der Waals surface area contributed by atoms with Gasteiger partial charge in [-0.3, -0.25) is 4.99 Å². The molecule has 0 spiro atoms. The van der Waals surface area contributed by atoms with Crippen LogP contribution in [0.25, 0.3) is 0 Å². The number of nitrogens with one attached hydrogen (secondary N) is 1. The van der Waals surface area contributed by atoms with E-state index in [4.69, 9.17) is 5.73 Å². The summed E-state index contributed by atoms with van der Waals surface area (Å²) in [6, 6.07) is 0.392. The number of nitrogens with zero attached hydrogens (tertiary/aromatic N) is 1. The number of hydrogen-bond acceptors (Lipinski definition) is 3. The Kier molecular flexibility index (Phi) is 7.64. The first-order valence-corrected chi connectivity index (χ1v) is 8.37. The van der Waals surface area contributed by atoms with Crippen molar-refractivity contribution in [1.82, 2.24) is 5.32 Å². The molecule has 0 heterocycles. The van der Waals surface area contributed by atoms with Crippen molar-refractivity contribution >= 4 is 39.8 Å². The number of guanidine groups is 1. The summed E-state index contributed by atoms with van der Waals surface area (Å²) in [5, 5.41) is 3.18. The molecule has 0 radical (unpaired) electrons. The quantitative estimate of drug-likeness (QED) is 0.425. The zero-order chi connectivity index (χ0) is 13.8. The number of halogens is 1. The maximum absolute atomic E-state index is 11.5. The molecule has 0 aromatic heterocycles. The van der Waals surface area contributed by atoms with Crippen molar-refractivity contribution in [3.8, 4) is 0 Å². The minimum atomic E-state index is -3.12. The second kappa shape index (κ2) is 7.66. The molecule has 1 aliphatic rings. The van der Waals surface area contributed by atoms with E-state index in [1.165, 1.54) is 25.5 Å². The molecule has 3 N–H and O–H groups in total. The highest BCUT2D eigenvalue weighted by atomic mass is 127. The first-order valence-electron chi connectivity index (χ1n) is 6.48. The van der Waals surface area contributed by atoms with Crippen LogP contribution in [0.15, 0.2) is 4.99 Å². The first kappa shape index (κ1) is 18.9. The Bertz CT molecular complexity index is 401. The normalized spacial score (nSPS) is 18.8. The summed E-state index contributed by atoms with van der Waals surface area (Å²) < 4.78 is 22.2. The number of nitrogens with two attached hydrogens (primary N) is 1. The summed E-state index contributed by atoms with van der Waals surface area (Å²) in [5.41, 5.74) is 5.80. The number of aliphatic imine (C=N–C) groups is 1. The third-order valence-corrected chi connectivity index (χ3v) is 5.73. The van der Waals surface area contributed by atoms with Crippen LogP contribution in [0.5, 0.6) is 0 Å². The highest BCUT2D eigenvalue weighted by molar-refractivity contribution is 14.0. The van der Waals surface area contributed by atoms with E-state index in [1.54, 1.807) is 13.8 Å². The average molecular weight is 403 g/mol. The van der Waals surface area contributed by atoms with Gasteiger partial charge in [0.15, 0.2) is 15.8 Å². The van der Waals surface area contributed by atoms with Gasteiger partial charge >= 0.3 is 0 Å². The van der Waals surface area contributed by atoms with Crippen LogP contribution in [0, 0.1) is 0 Å². The van der Waals surface area contributed by atoms with Gasteiger partial charge in [0.05, 0.1) is 11.3 Å². The molecule has 5 nitrogen and oxygen atoms in total. The van der Waals surface area contributed by atoms with Gasteiger partial charge in [0.1, 0.15) is 0 Å². The fourth-order valence-electron chi connectivity index (χ4n) is 1.89. The van der Waals surface area contributed by atoms with Crippen LogP contribution in [0.3, 0.4) is 0 Å². The van der Waals surface area contributed by atoms with E-state index in [1.807, 2.05) is 0 Å². The molecule has 1 rings (SSSR count). The zero-order valence-electron chi connectivity index (χ0n) is 12.0. The maximum Gasteiger partial charge on any atom is 0.188 e. The topological polar surface area (TPSA) is 84.5 Å². The van der Waals surface area contributed by atoms with Gasteiger partial charge in [-0.15, -0.1) is 24.0 Å². The molecular weight excluding hydrogens is 377 g/mol. The Labute approximate surface area is 133 Å². The maximum atomic E-state index is 11.5. The number of rotatable bonds is 4. The van der Waals surface area contributed by atoms with Gasteiger partial charge in [0.25, 0.3) is 0 Å². The smallest absolute Gasteiger partial charge is 0.188 e. The monoisotopic (exact) mass is 403 g/mol. The number of sulfone groups is 1. The van der Waals surface area contributed by atoms with Gasteiger partial charge in [-0.1, -0.05) is 19.3 Å². The summed E-state index contributed by atoms with van der Waals surface area (Å²) >= 11 is 0. The van der Waals surface area contributed by atoms with Crippen molar-refractivity contribution < 1.29 is 8.42 Å². The van der Waals surface area contributed by atoms with Gasteiger partial charge in [-0.05, 0) is 26.7 Å². The van der Waals surface area contributed by atoms with Gasteiger partial charge < -0.3 is 11.1 Å². The molecule has 0 amide bonds. The molecule has 0 bridgehead atoms. The largest absolute Gasteiger partial charge is 0.370 e. The predicted octanol–water partition coefficient (Wildman–Crippen LogP) is 1.66. The Morgan fingerprint density at radius 3 is 2.32 bits per heavy atom. The Morgan fingerprint density at radius 1 is 1.32 bits per heavy atom. The summed E-state index contributed by atoms with van der Waals surface area (Å²) in [7, 11) is -3.12. The lowest BCUT2D eigenvalue weighted by atomic mass is 9.96. The summed E-state index contributed by atoms with van der Waals surface area (Å²) in [4.78, 5) is 4.16. The highest BCUT2D eigenvalue weighted by Gasteiger charge is 2.29. The molecule has 7 heteroatoms. The molecular formula is C12H26IN3O2S. The van der Waals surface area contributed by atoms with Crippen LogP contribution < -0.4 is 11.1 Å². The molecule has 0 aromatic rings. The summed E-state index contributed by atoms with van der Waals surface area (Å²) in [5.74, 6) is 0.360. The summed E-state index contributed by atoms with van der Waals surface area (Å²) in [6.45, 7) is 3.52.